The van der Waals surface area contributed by atoms with E-state index in [1.807, 2.05) is 42.5 Å². The van der Waals surface area contributed by atoms with Crippen LogP contribution in [0, 0.1) is 23.7 Å². The number of fused-ring (bicyclic) bond motifs is 2. The number of benzene rings is 2. The maximum atomic E-state index is 13.0. The van der Waals surface area contributed by atoms with Gasteiger partial charge in [0, 0.05) is 17.0 Å². The van der Waals surface area contributed by atoms with Gasteiger partial charge in [0.25, 0.3) is 0 Å². The molecule has 5 rings (SSSR count). The second-order valence-electron chi connectivity index (χ2n) is 6.98. The molecule has 5 heteroatoms. The molecule has 24 heavy (non-hydrogen) atoms. The number of carbonyl (C=O) groups excluding carboxylic acids is 2. The lowest BCUT2D eigenvalue weighted by molar-refractivity contribution is -0.145. The van der Waals surface area contributed by atoms with Crippen LogP contribution in [0.2, 0.25) is 0 Å². The van der Waals surface area contributed by atoms with E-state index in [0.717, 1.165) is 22.9 Å². The molecule has 4 nitrogen and oxygen atoms in total. The minimum Gasteiger partial charge on any atom is -0.461 e. The zero-order valence-electron chi connectivity index (χ0n) is 12.8. The molecule has 2 aromatic rings. The number of esters is 1. The molecule has 0 spiro atoms. The fourth-order valence-corrected chi connectivity index (χ4v) is 5.93. The number of amides is 1. The maximum Gasteiger partial charge on any atom is 0.310 e. The topological polar surface area (TPSA) is 55.4 Å². The van der Waals surface area contributed by atoms with Gasteiger partial charge >= 0.3 is 5.97 Å². The molecule has 2 aliphatic carbocycles. The predicted molar refractivity (Wildman–Crippen MR) is 93.7 cm³/mol. The van der Waals surface area contributed by atoms with E-state index in [1.54, 1.807) is 0 Å². The smallest absolute Gasteiger partial charge is 0.310 e. The third-order valence-corrected chi connectivity index (χ3v) is 7.07. The van der Waals surface area contributed by atoms with Gasteiger partial charge < -0.3 is 10.1 Å². The summed E-state index contributed by atoms with van der Waals surface area (Å²) in [6, 6.07) is 13.8. The van der Waals surface area contributed by atoms with Crippen LogP contribution in [0.4, 0.5) is 5.69 Å². The molecule has 2 bridgehead atoms. The first-order chi connectivity index (χ1) is 11.6. The zero-order chi connectivity index (χ0) is 16.4. The van der Waals surface area contributed by atoms with Crippen molar-refractivity contribution in [2.24, 2.45) is 23.7 Å². The zero-order valence-corrected chi connectivity index (χ0v) is 14.4. The average molecular weight is 386 g/mol. The van der Waals surface area contributed by atoms with Crippen molar-refractivity contribution >= 4 is 44.3 Å². The van der Waals surface area contributed by atoms with Crippen LogP contribution in [-0.4, -0.2) is 22.8 Å². The molecule has 3 aliphatic rings. The predicted octanol–water partition coefficient (Wildman–Crippen LogP) is 3.35. The molecule has 2 aromatic carbocycles. The van der Waals surface area contributed by atoms with Crippen LogP contribution in [0.15, 0.2) is 42.5 Å². The van der Waals surface area contributed by atoms with Crippen LogP contribution in [0.5, 0.6) is 0 Å². The summed E-state index contributed by atoms with van der Waals surface area (Å²) in [7, 11) is 0. The van der Waals surface area contributed by atoms with E-state index in [9.17, 15) is 9.59 Å². The molecule has 0 radical (unpaired) electrons. The van der Waals surface area contributed by atoms with Crippen LogP contribution in [0.3, 0.4) is 0 Å². The number of hydrogen-bond donors (Lipinski definition) is 1. The summed E-state index contributed by atoms with van der Waals surface area (Å²) in [5.74, 6) is -0.479. The van der Waals surface area contributed by atoms with Gasteiger partial charge in [-0.2, -0.15) is 0 Å². The Balaban J connectivity index is 1.48. The van der Waals surface area contributed by atoms with E-state index in [-0.39, 0.29) is 46.5 Å². The summed E-state index contributed by atoms with van der Waals surface area (Å²) < 4.78 is 5.49. The molecule has 3 fully saturated rings. The molecule has 1 saturated heterocycles. The summed E-state index contributed by atoms with van der Waals surface area (Å²) in [5, 5.41) is 5.17. The van der Waals surface area contributed by atoms with Crippen LogP contribution in [0.25, 0.3) is 10.8 Å². The lowest BCUT2D eigenvalue weighted by Gasteiger charge is -2.27. The van der Waals surface area contributed by atoms with Crippen molar-refractivity contribution < 1.29 is 14.3 Å². The fourth-order valence-electron chi connectivity index (χ4n) is 4.88. The molecule has 2 saturated carbocycles. The van der Waals surface area contributed by atoms with E-state index >= 15 is 0 Å². The molecular formula is C19H16BrNO3. The Bertz CT molecular complexity index is 861. The first-order valence-corrected chi connectivity index (χ1v) is 9.20. The van der Waals surface area contributed by atoms with E-state index in [1.165, 1.54) is 0 Å². The average Bonchev–Trinajstić information content (AvgIpc) is 3.19. The highest BCUT2D eigenvalue weighted by Gasteiger charge is 2.67. The van der Waals surface area contributed by atoms with Gasteiger partial charge in [-0.3, -0.25) is 9.59 Å². The third-order valence-electron chi connectivity index (χ3n) is 5.87. The number of carbonyl (C=O) groups is 2. The number of rotatable bonds is 2. The van der Waals surface area contributed by atoms with Gasteiger partial charge in [-0.25, -0.2) is 0 Å². The highest BCUT2D eigenvalue weighted by molar-refractivity contribution is 9.09. The lowest BCUT2D eigenvalue weighted by Crippen LogP contribution is -2.40. The van der Waals surface area contributed by atoms with Crippen molar-refractivity contribution in [2.45, 2.75) is 17.4 Å². The Morgan fingerprint density at radius 2 is 1.92 bits per heavy atom. The number of alkyl halides is 1. The van der Waals surface area contributed by atoms with Crippen molar-refractivity contribution in [1.82, 2.24) is 0 Å². The fraction of sp³-hybridized carbons (Fsp3) is 0.368. The summed E-state index contributed by atoms with van der Waals surface area (Å²) >= 11 is 3.65. The standard InChI is InChI=1S/C19H16BrNO3/c20-16-11-8-12-15(19(23)24-17(12)16)14(11)18(22)21-13-7-3-5-9-4-1-2-6-10(9)13/h1-7,11-12,14-17H,8H2,(H,21,22)/t11-,12-,14-,15-,16-,17+/m1/s1. The van der Waals surface area contributed by atoms with Crippen LogP contribution >= 0.6 is 15.9 Å². The Morgan fingerprint density at radius 3 is 2.79 bits per heavy atom. The Hall–Kier alpha value is -1.88. The first kappa shape index (κ1) is 14.5. The summed E-state index contributed by atoms with van der Waals surface area (Å²) in [4.78, 5) is 25.3. The molecular weight excluding hydrogens is 370 g/mol. The summed E-state index contributed by atoms with van der Waals surface area (Å²) in [5.41, 5.74) is 0.801. The van der Waals surface area contributed by atoms with Gasteiger partial charge in [0.05, 0.1) is 16.7 Å². The van der Waals surface area contributed by atoms with Gasteiger partial charge in [0.1, 0.15) is 6.10 Å². The monoisotopic (exact) mass is 385 g/mol. The van der Waals surface area contributed by atoms with Crippen LogP contribution < -0.4 is 5.32 Å². The van der Waals surface area contributed by atoms with E-state index in [2.05, 4.69) is 21.2 Å². The lowest BCUT2D eigenvalue weighted by atomic mass is 9.79. The van der Waals surface area contributed by atoms with Crippen molar-refractivity contribution in [3.05, 3.63) is 42.5 Å². The second-order valence-corrected chi connectivity index (χ2v) is 8.03. The largest absolute Gasteiger partial charge is 0.461 e. The number of anilines is 1. The summed E-state index contributed by atoms with van der Waals surface area (Å²) in [6.45, 7) is 0. The first-order valence-electron chi connectivity index (χ1n) is 8.28. The third kappa shape index (κ3) is 1.85. The van der Waals surface area contributed by atoms with Crippen molar-refractivity contribution in [1.29, 1.82) is 0 Å². The molecule has 0 unspecified atom stereocenters. The number of nitrogens with one attached hydrogen (secondary N) is 1. The van der Waals surface area contributed by atoms with Gasteiger partial charge in [-0.15, -0.1) is 0 Å². The quantitative estimate of drug-likeness (QED) is 0.636. The van der Waals surface area contributed by atoms with E-state index in [0.29, 0.717) is 0 Å². The second kappa shape index (κ2) is 5.06. The molecule has 1 amide bonds. The maximum absolute atomic E-state index is 13.0. The minimum absolute atomic E-state index is 0.0471. The van der Waals surface area contributed by atoms with Gasteiger partial charge in [0.2, 0.25) is 5.91 Å². The summed E-state index contributed by atoms with van der Waals surface area (Å²) in [6.07, 6.45) is 0.846. The molecule has 6 atom stereocenters. The van der Waals surface area contributed by atoms with Gasteiger partial charge in [-0.1, -0.05) is 52.3 Å². The highest BCUT2D eigenvalue weighted by atomic mass is 79.9. The van der Waals surface area contributed by atoms with Crippen LogP contribution in [0.1, 0.15) is 6.42 Å². The van der Waals surface area contributed by atoms with Crippen molar-refractivity contribution in [2.75, 3.05) is 5.32 Å². The molecule has 1 aliphatic heterocycles. The molecule has 1 N–H and O–H groups in total. The number of ether oxygens (including phenoxy) is 1. The van der Waals surface area contributed by atoms with Gasteiger partial charge in [-0.05, 0) is 23.8 Å². The Labute approximate surface area is 147 Å². The number of halogens is 1. The van der Waals surface area contributed by atoms with Crippen molar-refractivity contribution in [3.8, 4) is 0 Å². The normalized spacial score (nSPS) is 36.1. The Morgan fingerprint density at radius 1 is 1.12 bits per heavy atom. The Kier molecular flexibility index (Phi) is 3.05. The molecule has 1 heterocycles. The molecule has 122 valence electrons. The SMILES string of the molecule is O=C(Nc1cccc2ccccc12)[C@@H]1[C@H]2C[C@H]3[C@H](OC(=O)[C@H]31)[C@@H]2Br. The van der Waals surface area contributed by atoms with Gasteiger partial charge in [0.15, 0.2) is 0 Å². The molecule has 0 aromatic heterocycles. The highest BCUT2D eigenvalue weighted by Crippen LogP contribution is 2.60. The van der Waals surface area contributed by atoms with Crippen molar-refractivity contribution in [3.63, 3.8) is 0 Å². The van der Waals surface area contributed by atoms with E-state index in [4.69, 9.17) is 4.74 Å². The minimum atomic E-state index is -0.301. The van der Waals surface area contributed by atoms with E-state index < -0.39 is 0 Å². The van der Waals surface area contributed by atoms with Crippen LogP contribution in [-0.2, 0) is 14.3 Å². The number of hydrogen-bond acceptors (Lipinski definition) is 3.